The van der Waals surface area contributed by atoms with E-state index in [9.17, 15) is 13.2 Å². The van der Waals surface area contributed by atoms with Crippen LogP contribution in [0, 0.1) is 17.5 Å². The zero-order chi connectivity index (χ0) is 11.5. The smallest absolute Gasteiger partial charge is 0.194 e. The minimum atomic E-state index is -1.37. The number of halogens is 3. The first-order valence-corrected chi connectivity index (χ1v) is 5.54. The fraction of sp³-hybridized carbons (Fsp3) is 0.500. The third-order valence-electron chi connectivity index (χ3n) is 2.75. The van der Waals surface area contributed by atoms with E-state index in [1.54, 1.807) is 0 Å². The molecule has 1 N–H and O–H groups in total. The Morgan fingerprint density at radius 3 is 2.56 bits per heavy atom. The van der Waals surface area contributed by atoms with Gasteiger partial charge in [-0.05, 0) is 43.9 Å². The summed E-state index contributed by atoms with van der Waals surface area (Å²) in [7, 11) is 0. The van der Waals surface area contributed by atoms with Crippen LogP contribution in [0.15, 0.2) is 12.1 Å². The van der Waals surface area contributed by atoms with E-state index in [2.05, 4.69) is 5.32 Å². The van der Waals surface area contributed by atoms with Crippen LogP contribution in [0.4, 0.5) is 13.2 Å². The van der Waals surface area contributed by atoms with Crippen molar-refractivity contribution in [3.05, 3.63) is 35.1 Å². The first kappa shape index (κ1) is 11.5. The molecule has 0 aliphatic heterocycles. The molecule has 1 aliphatic carbocycles. The van der Waals surface area contributed by atoms with Crippen LogP contribution in [-0.4, -0.2) is 12.6 Å². The molecule has 0 amide bonds. The summed E-state index contributed by atoms with van der Waals surface area (Å²) in [6.45, 7) is 0.795. The van der Waals surface area contributed by atoms with Crippen molar-refractivity contribution in [2.45, 2.75) is 31.7 Å². The van der Waals surface area contributed by atoms with Crippen molar-refractivity contribution >= 4 is 0 Å². The van der Waals surface area contributed by atoms with E-state index in [1.165, 1.54) is 18.9 Å². The van der Waals surface area contributed by atoms with Crippen molar-refractivity contribution in [2.75, 3.05) is 6.54 Å². The maximum Gasteiger partial charge on any atom is 0.194 e. The van der Waals surface area contributed by atoms with E-state index >= 15 is 0 Å². The molecule has 1 aromatic rings. The Hall–Kier alpha value is -1.03. The van der Waals surface area contributed by atoms with Crippen LogP contribution in [-0.2, 0) is 6.42 Å². The molecule has 1 nitrogen and oxygen atoms in total. The largest absolute Gasteiger partial charge is 0.314 e. The maximum atomic E-state index is 13.2. The second-order valence-electron chi connectivity index (χ2n) is 4.17. The minimum Gasteiger partial charge on any atom is -0.314 e. The molecular formula is C12H14F3N. The quantitative estimate of drug-likeness (QED) is 0.604. The lowest BCUT2D eigenvalue weighted by atomic mass is 10.1. The molecule has 1 aliphatic rings. The average molecular weight is 229 g/mol. The third-order valence-corrected chi connectivity index (χ3v) is 2.75. The van der Waals surface area contributed by atoms with Gasteiger partial charge in [0.2, 0.25) is 0 Å². The summed E-state index contributed by atoms with van der Waals surface area (Å²) in [6, 6.07) is 2.90. The fourth-order valence-corrected chi connectivity index (χ4v) is 1.63. The van der Waals surface area contributed by atoms with Crippen molar-refractivity contribution in [1.82, 2.24) is 5.32 Å². The molecule has 88 valence electrons. The molecule has 0 spiro atoms. The van der Waals surface area contributed by atoms with E-state index in [1.807, 2.05) is 0 Å². The fourth-order valence-electron chi connectivity index (χ4n) is 1.63. The zero-order valence-corrected chi connectivity index (χ0v) is 8.90. The molecule has 16 heavy (non-hydrogen) atoms. The summed E-state index contributed by atoms with van der Waals surface area (Å²) < 4.78 is 38.7. The number of benzene rings is 1. The molecule has 0 atom stereocenters. The number of hydrogen-bond acceptors (Lipinski definition) is 1. The van der Waals surface area contributed by atoms with Gasteiger partial charge in [0.1, 0.15) is 0 Å². The van der Waals surface area contributed by atoms with Crippen molar-refractivity contribution in [3.63, 3.8) is 0 Å². The Balaban J connectivity index is 1.85. The molecule has 1 aromatic carbocycles. The number of hydrogen-bond donors (Lipinski definition) is 1. The predicted molar refractivity (Wildman–Crippen MR) is 55.7 cm³/mol. The Morgan fingerprint density at radius 1 is 1.12 bits per heavy atom. The number of rotatable bonds is 5. The zero-order valence-electron chi connectivity index (χ0n) is 8.90. The molecule has 0 aromatic heterocycles. The molecule has 1 fully saturated rings. The third kappa shape index (κ3) is 2.76. The van der Waals surface area contributed by atoms with E-state index in [0.717, 1.165) is 19.0 Å². The predicted octanol–water partition coefficient (Wildman–Crippen LogP) is 2.79. The highest BCUT2D eigenvalue weighted by Crippen LogP contribution is 2.19. The first-order chi connectivity index (χ1) is 7.68. The standard InChI is InChI=1S/C12H14F3N/c13-10-6-3-8(11(14)12(10)15)2-1-7-16-9-4-5-9/h3,6,9,16H,1-2,4-5,7H2. The molecule has 0 heterocycles. The molecule has 0 unspecified atom stereocenters. The Labute approximate surface area is 92.7 Å². The highest BCUT2D eigenvalue weighted by molar-refractivity contribution is 5.20. The number of nitrogens with one attached hydrogen (secondary N) is 1. The van der Waals surface area contributed by atoms with E-state index in [-0.39, 0.29) is 5.56 Å². The van der Waals surface area contributed by atoms with Gasteiger partial charge in [-0.1, -0.05) is 6.07 Å². The van der Waals surface area contributed by atoms with E-state index < -0.39 is 17.5 Å². The van der Waals surface area contributed by atoms with Crippen LogP contribution in [0.2, 0.25) is 0 Å². The molecule has 0 bridgehead atoms. The molecule has 1 saturated carbocycles. The van der Waals surface area contributed by atoms with Gasteiger partial charge in [-0.3, -0.25) is 0 Å². The van der Waals surface area contributed by atoms with Gasteiger partial charge in [-0.15, -0.1) is 0 Å². The van der Waals surface area contributed by atoms with Gasteiger partial charge in [0.25, 0.3) is 0 Å². The van der Waals surface area contributed by atoms with Crippen LogP contribution in [0.3, 0.4) is 0 Å². The summed E-state index contributed by atoms with van der Waals surface area (Å²) in [6.07, 6.45) is 3.58. The van der Waals surface area contributed by atoms with Crippen molar-refractivity contribution in [3.8, 4) is 0 Å². The van der Waals surface area contributed by atoms with Gasteiger partial charge in [0.05, 0.1) is 0 Å². The lowest BCUT2D eigenvalue weighted by Crippen LogP contribution is -2.18. The summed E-state index contributed by atoms with van der Waals surface area (Å²) in [4.78, 5) is 0. The van der Waals surface area contributed by atoms with Crippen LogP contribution in [0.5, 0.6) is 0 Å². The number of aryl methyl sites for hydroxylation is 1. The second-order valence-corrected chi connectivity index (χ2v) is 4.17. The average Bonchev–Trinajstić information content (AvgIpc) is 3.08. The van der Waals surface area contributed by atoms with E-state index in [0.29, 0.717) is 12.5 Å². The SMILES string of the molecule is Fc1ccc(CCCNC2CC2)c(F)c1F. The normalized spacial score (nSPS) is 15.4. The molecule has 0 radical (unpaired) electrons. The van der Waals surface area contributed by atoms with Gasteiger partial charge in [-0.25, -0.2) is 13.2 Å². The Bertz CT molecular complexity index is 375. The molecule has 0 saturated heterocycles. The van der Waals surface area contributed by atoms with Gasteiger partial charge < -0.3 is 5.32 Å². The van der Waals surface area contributed by atoms with E-state index in [4.69, 9.17) is 0 Å². The summed E-state index contributed by atoms with van der Waals surface area (Å²) in [5.41, 5.74) is 0.247. The first-order valence-electron chi connectivity index (χ1n) is 5.54. The highest BCUT2D eigenvalue weighted by Gasteiger charge is 2.19. The summed E-state index contributed by atoms with van der Waals surface area (Å²) >= 11 is 0. The molecular weight excluding hydrogens is 215 g/mol. The maximum absolute atomic E-state index is 13.2. The molecule has 4 heteroatoms. The van der Waals surface area contributed by atoms with Crippen molar-refractivity contribution < 1.29 is 13.2 Å². The monoisotopic (exact) mass is 229 g/mol. The minimum absolute atomic E-state index is 0.247. The lowest BCUT2D eigenvalue weighted by molar-refractivity contribution is 0.439. The van der Waals surface area contributed by atoms with Crippen LogP contribution < -0.4 is 5.32 Å². The Kier molecular flexibility index (Phi) is 3.49. The molecule has 2 rings (SSSR count). The van der Waals surface area contributed by atoms with Crippen LogP contribution >= 0.6 is 0 Å². The Morgan fingerprint density at radius 2 is 1.88 bits per heavy atom. The van der Waals surface area contributed by atoms with Crippen LogP contribution in [0.25, 0.3) is 0 Å². The van der Waals surface area contributed by atoms with Crippen molar-refractivity contribution in [2.24, 2.45) is 0 Å². The summed E-state index contributed by atoms with van der Waals surface area (Å²) in [5, 5.41) is 3.28. The second kappa shape index (κ2) is 4.87. The van der Waals surface area contributed by atoms with Crippen LogP contribution in [0.1, 0.15) is 24.8 Å². The van der Waals surface area contributed by atoms with Crippen molar-refractivity contribution in [1.29, 1.82) is 0 Å². The van der Waals surface area contributed by atoms with Gasteiger partial charge >= 0.3 is 0 Å². The van der Waals surface area contributed by atoms with Gasteiger partial charge in [0.15, 0.2) is 17.5 Å². The topological polar surface area (TPSA) is 12.0 Å². The lowest BCUT2D eigenvalue weighted by Gasteiger charge is -2.05. The highest BCUT2D eigenvalue weighted by atomic mass is 19.2. The van der Waals surface area contributed by atoms with Gasteiger partial charge in [0, 0.05) is 6.04 Å². The van der Waals surface area contributed by atoms with Gasteiger partial charge in [-0.2, -0.15) is 0 Å². The summed E-state index contributed by atoms with van der Waals surface area (Å²) in [5.74, 6) is -3.54.